The van der Waals surface area contributed by atoms with Gasteiger partial charge in [0, 0.05) is 24.2 Å². The molecule has 0 bridgehead atoms. The van der Waals surface area contributed by atoms with Gasteiger partial charge in [0.25, 0.3) is 5.69 Å². The number of carboxylic acid groups (broad SMARTS) is 1. The van der Waals surface area contributed by atoms with Crippen LogP contribution in [0.15, 0.2) is 24.3 Å². The average molecular weight is 321 g/mol. The molecule has 2 rings (SSSR count). The van der Waals surface area contributed by atoms with Gasteiger partial charge in [-0.15, -0.1) is 0 Å². The second-order valence-corrected chi connectivity index (χ2v) is 5.85. The Bertz CT molecular complexity index is 556. The molecule has 1 aromatic rings. The molecule has 1 aliphatic rings. The van der Waals surface area contributed by atoms with Gasteiger partial charge in [-0.3, -0.25) is 24.7 Å². The van der Waals surface area contributed by atoms with Crippen molar-refractivity contribution < 1.29 is 14.8 Å². The Morgan fingerprint density at radius 1 is 1.39 bits per heavy atom. The molecule has 0 spiro atoms. The van der Waals surface area contributed by atoms with E-state index in [-0.39, 0.29) is 23.2 Å². The first kappa shape index (κ1) is 17.4. The van der Waals surface area contributed by atoms with Gasteiger partial charge in [0.05, 0.1) is 11.5 Å². The van der Waals surface area contributed by atoms with Crippen molar-refractivity contribution in [1.29, 1.82) is 0 Å². The zero-order valence-corrected chi connectivity index (χ0v) is 13.4. The fourth-order valence-corrected chi connectivity index (χ4v) is 3.18. The number of aliphatic carboxylic acids is 1. The minimum absolute atomic E-state index is 0.0747. The monoisotopic (exact) mass is 321 g/mol. The van der Waals surface area contributed by atoms with Crippen LogP contribution in [0.3, 0.4) is 0 Å². The zero-order chi connectivity index (χ0) is 16.8. The number of rotatable bonds is 7. The van der Waals surface area contributed by atoms with E-state index in [4.69, 9.17) is 5.11 Å². The van der Waals surface area contributed by atoms with Crippen molar-refractivity contribution in [3.05, 3.63) is 39.9 Å². The molecule has 1 fully saturated rings. The lowest BCUT2D eigenvalue weighted by atomic mass is 10.0. The lowest BCUT2D eigenvalue weighted by Gasteiger charge is -2.37. The quantitative estimate of drug-likeness (QED) is 0.610. The van der Waals surface area contributed by atoms with Gasteiger partial charge in [-0.25, -0.2) is 0 Å². The molecule has 1 aromatic carbocycles. The third kappa shape index (κ3) is 4.74. The molecule has 23 heavy (non-hydrogen) atoms. The number of piperidine rings is 1. The summed E-state index contributed by atoms with van der Waals surface area (Å²) in [5, 5.41) is 20.0. The lowest BCUT2D eigenvalue weighted by Crippen LogP contribution is -2.46. The molecule has 0 unspecified atom stereocenters. The Morgan fingerprint density at radius 3 is 2.61 bits per heavy atom. The van der Waals surface area contributed by atoms with Crippen LogP contribution in [-0.4, -0.2) is 58.0 Å². The van der Waals surface area contributed by atoms with E-state index in [2.05, 4.69) is 4.90 Å². The number of carboxylic acids is 1. The van der Waals surface area contributed by atoms with Crippen molar-refractivity contribution in [2.24, 2.45) is 0 Å². The molecule has 0 saturated carbocycles. The predicted octanol–water partition coefficient (Wildman–Crippen LogP) is 1.97. The van der Waals surface area contributed by atoms with Crippen LogP contribution in [0, 0.1) is 10.1 Å². The van der Waals surface area contributed by atoms with E-state index >= 15 is 0 Å². The van der Waals surface area contributed by atoms with Crippen molar-refractivity contribution in [1.82, 2.24) is 9.80 Å². The SMILES string of the molecule is CCN(CC(=O)O)C1CCN(Cc2ccccc2[N+](=O)[O-])CC1. The summed E-state index contributed by atoms with van der Waals surface area (Å²) in [4.78, 5) is 25.8. The Morgan fingerprint density at radius 2 is 2.04 bits per heavy atom. The summed E-state index contributed by atoms with van der Waals surface area (Å²) in [5.74, 6) is -0.797. The highest BCUT2D eigenvalue weighted by Gasteiger charge is 2.26. The number of benzene rings is 1. The highest BCUT2D eigenvalue weighted by atomic mass is 16.6. The van der Waals surface area contributed by atoms with Gasteiger partial charge in [-0.05, 0) is 32.5 Å². The number of carbonyl (C=O) groups is 1. The third-order valence-corrected chi connectivity index (χ3v) is 4.40. The summed E-state index contributed by atoms with van der Waals surface area (Å²) in [5.41, 5.74) is 0.893. The minimum atomic E-state index is -0.797. The van der Waals surface area contributed by atoms with Crippen LogP contribution in [0.2, 0.25) is 0 Å². The van der Waals surface area contributed by atoms with Gasteiger partial charge in [0.1, 0.15) is 0 Å². The molecule has 7 nitrogen and oxygen atoms in total. The molecule has 1 heterocycles. The van der Waals surface area contributed by atoms with Crippen molar-refractivity contribution in [2.75, 3.05) is 26.2 Å². The molecule has 1 N–H and O–H groups in total. The van der Waals surface area contributed by atoms with E-state index in [0.717, 1.165) is 38.0 Å². The molecule has 1 aliphatic heterocycles. The maximum absolute atomic E-state index is 11.1. The van der Waals surface area contributed by atoms with Crippen molar-refractivity contribution in [3.63, 3.8) is 0 Å². The Labute approximate surface area is 135 Å². The topological polar surface area (TPSA) is 86.9 Å². The number of likely N-dealkylation sites (tertiary alicyclic amines) is 1. The fourth-order valence-electron chi connectivity index (χ4n) is 3.18. The van der Waals surface area contributed by atoms with E-state index in [0.29, 0.717) is 6.54 Å². The van der Waals surface area contributed by atoms with Crippen molar-refractivity contribution in [2.45, 2.75) is 32.4 Å². The van der Waals surface area contributed by atoms with Gasteiger partial charge >= 0.3 is 5.97 Å². The molecule has 1 saturated heterocycles. The molecule has 0 aromatic heterocycles. The summed E-state index contributed by atoms with van der Waals surface area (Å²) in [6, 6.07) is 7.11. The molecule has 0 radical (unpaired) electrons. The third-order valence-electron chi connectivity index (χ3n) is 4.40. The second kappa shape index (κ2) is 8.03. The highest BCUT2D eigenvalue weighted by Crippen LogP contribution is 2.23. The van der Waals surface area contributed by atoms with Gasteiger partial charge in [0.15, 0.2) is 0 Å². The fraction of sp³-hybridized carbons (Fsp3) is 0.562. The Kier molecular flexibility index (Phi) is 6.06. The number of para-hydroxylation sites is 1. The second-order valence-electron chi connectivity index (χ2n) is 5.85. The molecular formula is C16H23N3O4. The van der Waals surface area contributed by atoms with E-state index in [1.165, 1.54) is 6.07 Å². The molecule has 7 heteroatoms. The molecular weight excluding hydrogens is 298 g/mol. The van der Waals surface area contributed by atoms with Crippen molar-refractivity contribution >= 4 is 11.7 Å². The normalized spacial score (nSPS) is 16.6. The molecule has 0 amide bonds. The van der Waals surface area contributed by atoms with Gasteiger partial charge in [0.2, 0.25) is 0 Å². The maximum Gasteiger partial charge on any atom is 0.317 e. The standard InChI is InChI=1S/C16H23N3O4/c1-2-18(12-16(20)21)14-7-9-17(10-8-14)11-13-5-3-4-6-15(13)19(22)23/h3-6,14H,2,7-12H2,1H3,(H,20,21). The first-order valence-corrected chi connectivity index (χ1v) is 7.91. The Balaban J connectivity index is 1.92. The molecule has 0 aliphatic carbocycles. The molecule has 0 atom stereocenters. The smallest absolute Gasteiger partial charge is 0.317 e. The summed E-state index contributed by atoms with van der Waals surface area (Å²) in [6.45, 7) is 4.99. The first-order valence-electron chi connectivity index (χ1n) is 7.91. The largest absolute Gasteiger partial charge is 0.480 e. The van der Waals surface area contributed by atoms with Crippen LogP contribution < -0.4 is 0 Å². The lowest BCUT2D eigenvalue weighted by molar-refractivity contribution is -0.385. The number of likely N-dealkylation sites (N-methyl/N-ethyl adjacent to an activating group) is 1. The van der Waals surface area contributed by atoms with Gasteiger partial charge in [-0.2, -0.15) is 0 Å². The van der Waals surface area contributed by atoms with Gasteiger partial charge < -0.3 is 5.11 Å². The minimum Gasteiger partial charge on any atom is -0.480 e. The Hall–Kier alpha value is -1.99. The molecule has 126 valence electrons. The number of hydrogen-bond acceptors (Lipinski definition) is 5. The van der Waals surface area contributed by atoms with E-state index < -0.39 is 5.97 Å². The average Bonchev–Trinajstić information content (AvgIpc) is 2.53. The summed E-state index contributed by atoms with van der Waals surface area (Å²) in [6.07, 6.45) is 1.78. The van der Waals surface area contributed by atoms with Crippen LogP contribution in [0.1, 0.15) is 25.3 Å². The van der Waals surface area contributed by atoms with Crippen LogP contribution >= 0.6 is 0 Å². The maximum atomic E-state index is 11.1. The summed E-state index contributed by atoms with van der Waals surface area (Å²) < 4.78 is 0. The van der Waals surface area contributed by atoms with Crippen molar-refractivity contribution in [3.8, 4) is 0 Å². The van der Waals surface area contributed by atoms with Crippen LogP contribution in [0.5, 0.6) is 0 Å². The number of nitrogens with zero attached hydrogens (tertiary/aromatic N) is 3. The van der Waals surface area contributed by atoms with Crippen LogP contribution in [0.25, 0.3) is 0 Å². The van der Waals surface area contributed by atoms with E-state index in [9.17, 15) is 14.9 Å². The summed E-state index contributed by atoms with van der Waals surface area (Å²) >= 11 is 0. The van der Waals surface area contributed by atoms with Crippen LogP contribution in [0.4, 0.5) is 5.69 Å². The summed E-state index contributed by atoms with van der Waals surface area (Å²) in [7, 11) is 0. The number of hydrogen-bond donors (Lipinski definition) is 1. The number of nitro benzene ring substituents is 1. The predicted molar refractivity (Wildman–Crippen MR) is 86.3 cm³/mol. The van der Waals surface area contributed by atoms with Gasteiger partial charge in [-0.1, -0.05) is 25.1 Å². The van der Waals surface area contributed by atoms with E-state index in [1.54, 1.807) is 12.1 Å². The van der Waals surface area contributed by atoms with E-state index in [1.807, 2.05) is 17.9 Å². The number of nitro groups is 1. The highest BCUT2D eigenvalue weighted by molar-refractivity contribution is 5.69. The van der Waals surface area contributed by atoms with Crippen LogP contribution in [-0.2, 0) is 11.3 Å². The zero-order valence-electron chi connectivity index (χ0n) is 13.4. The first-order chi connectivity index (χ1) is 11.0.